The van der Waals surface area contributed by atoms with Crippen LogP contribution in [0.3, 0.4) is 0 Å². The van der Waals surface area contributed by atoms with Gasteiger partial charge in [0.05, 0.1) is 30.2 Å². The van der Waals surface area contributed by atoms with Crippen LogP contribution < -0.4 is 4.31 Å². The van der Waals surface area contributed by atoms with Gasteiger partial charge in [-0.2, -0.15) is 0 Å². The summed E-state index contributed by atoms with van der Waals surface area (Å²) in [6.07, 6.45) is 3.23. The van der Waals surface area contributed by atoms with Crippen LogP contribution in [0.25, 0.3) is 17.3 Å². The first kappa shape index (κ1) is 23.8. The minimum absolute atomic E-state index is 0.00723. The monoisotopic (exact) mass is 463 g/mol. The number of carbonyl (C=O) groups excluding carboxylic acids is 1. The Labute approximate surface area is 186 Å². The number of aromatic nitrogens is 2. The van der Waals surface area contributed by atoms with E-state index in [1.807, 2.05) is 13.8 Å². The molecule has 172 valence electrons. The lowest BCUT2D eigenvalue weighted by atomic mass is 9.97. The second-order valence-corrected chi connectivity index (χ2v) is 10.1. The Hall–Kier alpha value is -2.85. The van der Waals surface area contributed by atoms with Gasteiger partial charge in [-0.25, -0.2) is 27.1 Å². The van der Waals surface area contributed by atoms with Crippen LogP contribution in [0, 0.1) is 5.82 Å². The summed E-state index contributed by atoms with van der Waals surface area (Å²) < 4.78 is 44.0. The molecule has 1 fully saturated rings. The summed E-state index contributed by atoms with van der Waals surface area (Å²) in [4.78, 5) is 20.6. The number of cyclic esters (lactones) is 1. The fourth-order valence-electron chi connectivity index (χ4n) is 3.33. The van der Waals surface area contributed by atoms with Crippen molar-refractivity contribution in [1.82, 2.24) is 9.97 Å². The summed E-state index contributed by atoms with van der Waals surface area (Å²) in [5, 5.41) is 9.86. The average Bonchev–Trinajstić information content (AvgIpc) is 2.70. The molecule has 10 heteroatoms. The Morgan fingerprint density at radius 3 is 2.47 bits per heavy atom. The van der Waals surface area contributed by atoms with Gasteiger partial charge in [-0.15, -0.1) is 0 Å². The number of esters is 1. The third kappa shape index (κ3) is 5.49. The number of rotatable bonds is 6. The van der Waals surface area contributed by atoms with Crippen LogP contribution in [0.2, 0.25) is 0 Å². The predicted octanol–water partition coefficient (Wildman–Crippen LogP) is 2.88. The number of aliphatic hydroxyl groups is 1. The number of ether oxygens (including phenoxy) is 1. The molecule has 1 aromatic carbocycles. The topological polar surface area (TPSA) is 110 Å². The first-order valence-corrected chi connectivity index (χ1v) is 12.0. The van der Waals surface area contributed by atoms with Gasteiger partial charge in [-0.1, -0.05) is 19.9 Å². The average molecular weight is 464 g/mol. The molecule has 0 bridgehead atoms. The molecule has 0 spiro atoms. The van der Waals surface area contributed by atoms with Crippen molar-refractivity contribution in [2.75, 3.05) is 17.6 Å². The van der Waals surface area contributed by atoms with E-state index in [0.29, 0.717) is 22.5 Å². The van der Waals surface area contributed by atoms with E-state index in [2.05, 4.69) is 9.97 Å². The van der Waals surface area contributed by atoms with E-state index in [1.54, 1.807) is 24.3 Å². The van der Waals surface area contributed by atoms with Crippen molar-refractivity contribution >= 4 is 28.0 Å². The van der Waals surface area contributed by atoms with Gasteiger partial charge < -0.3 is 9.84 Å². The van der Waals surface area contributed by atoms with Crippen LogP contribution in [-0.4, -0.2) is 55.0 Å². The van der Waals surface area contributed by atoms with Gasteiger partial charge in [0.15, 0.2) is 0 Å². The molecule has 2 heterocycles. The second kappa shape index (κ2) is 9.33. The van der Waals surface area contributed by atoms with Crippen LogP contribution in [-0.2, 0) is 19.6 Å². The largest absolute Gasteiger partial charge is 0.458 e. The fourth-order valence-corrected chi connectivity index (χ4v) is 3.70. The zero-order valence-corrected chi connectivity index (χ0v) is 19.1. The standard InChI is InChI=1S/C22H26FN3O5S/c1-13(2)20-18(10-9-17-11-16(27)12-19(28)31-17)21(14-5-7-15(23)8-6-14)25-22(24-20)26(3)32(4,29)30/h5-10,13,16-17,27H,11-12H2,1-4H3/b10-9+/t16-,17+/m1/s1. The maximum atomic E-state index is 13.5. The Morgan fingerprint density at radius 2 is 1.91 bits per heavy atom. The van der Waals surface area contributed by atoms with E-state index < -0.39 is 34.0 Å². The predicted molar refractivity (Wildman–Crippen MR) is 119 cm³/mol. The molecule has 0 saturated carbocycles. The summed E-state index contributed by atoms with van der Waals surface area (Å²) in [6, 6.07) is 5.68. The van der Waals surface area contributed by atoms with Crippen LogP contribution in [0.15, 0.2) is 30.3 Å². The van der Waals surface area contributed by atoms with Crippen LogP contribution >= 0.6 is 0 Å². The maximum Gasteiger partial charge on any atom is 0.309 e. The molecule has 0 aliphatic carbocycles. The smallest absolute Gasteiger partial charge is 0.309 e. The molecule has 0 unspecified atom stereocenters. The van der Waals surface area contributed by atoms with Crippen molar-refractivity contribution in [3.63, 3.8) is 0 Å². The van der Waals surface area contributed by atoms with E-state index in [1.165, 1.54) is 19.2 Å². The molecule has 1 saturated heterocycles. The summed E-state index contributed by atoms with van der Waals surface area (Å²) in [6.45, 7) is 3.81. The summed E-state index contributed by atoms with van der Waals surface area (Å²) in [5.41, 5.74) is 2.14. The number of nitrogens with zero attached hydrogens (tertiary/aromatic N) is 3. The number of anilines is 1. The van der Waals surface area contributed by atoms with Gasteiger partial charge in [0.2, 0.25) is 16.0 Å². The lowest BCUT2D eigenvalue weighted by molar-refractivity contribution is -0.156. The Balaban J connectivity index is 2.17. The van der Waals surface area contributed by atoms with E-state index in [-0.39, 0.29) is 24.7 Å². The number of carbonyl (C=O) groups is 1. The summed E-state index contributed by atoms with van der Waals surface area (Å²) >= 11 is 0. The Kier molecular flexibility index (Phi) is 6.94. The number of halogens is 1. The minimum Gasteiger partial charge on any atom is -0.458 e. The third-order valence-corrected chi connectivity index (χ3v) is 6.23. The number of hydrogen-bond acceptors (Lipinski definition) is 7. The Morgan fingerprint density at radius 1 is 1.25 bits per heavy atom. The molecule has 0 amide bonds. The molecule has 3 rings (SSSR count). The zero-order chi connectivity index (χ0) is 23.6. The molecule has 0 radical (unpaired) electrons. The summed E-state index contributed by atoms with van der Waals surface area (Å²) in [7, 11) is -2.25. The maximum absolute atomic E-state index is 13.5. The molecule has 2 aromatic rings. The number of hydrogen-bond donors (Lipinski definition) is 1. The first-order valence-electron chi connectivity index (χ1n) is 10.1. The normalized spacial score (nSPS) is 19.4. The van der Waals surface area contributed by atoms with Gasteiger partial charge >= 0.3 is 5.97 Å². The van der Waals surface area contributed by atoms with Gasteiger partial charge in [-0.05, 0) is 36.3 Å². The number of benzene rings is 1. The quantitative estimate of drug-likeness (QED) is 0.656. The van der Waals surface area contributed by atoms with Crippen molar-refractivity contribution in [2.24, 2.45) is 0 Å². The Bertz CT molecular complexity index is 1130. The molecule has 8 nitrogen and oxygen atoms in total. The molecular weight excluding hydrogens is 437 g/mol. The highest BCUT2D eigenvalue weighted by Crippen LogP contribution is 2.32. The fraction of sp³-hybridized carbons (Fsp3) is 0.409. The van der Waals surface area contributed by atoms with Crippen LogP contribution in [0.1, 0.15) is 43.9 Å². The van der Waals surface area contributed by atoms with Crippen molar-refractivity contribution in [1.29, 1.82) is 0 Å². The van der Waals surface area contributed by atoms with Crippen molar-refractivity contribution < 1.29 is 27.4 Å². The lowest BCUT2D eigenvalue weighted by Crippen LogP contribution is -2.31. The zero-order valence-electron chi connectivity index (χ0n) is 18.3. The van der Waals surface area contributed by atoms with E-state index in [9.17, 15) is 22.7 Å². The van der Waals surface area contributed by atoms with Crippen molar-refractivity contribution in [3.8, 4) is 11.3 Å². The van der Waals surface area contributed by atoms with E-state index >= 15 is 0 Å². The highest BCUT2D eigenvalue weighted by atomic mass is 32.2. The summed E-state index contributed by atoms with van der Waals surface area (Å²) in [5.74, 6) is -1.02. The van der Waals surface area contributed by atoms with Crippen LogP contribution in [0.5, 0.6) is 0 Å². The molecule has 32 heavy (non-hydrogen) atoms. The van der Waals surface area contributed by atoms with E-state index in [0.717, 1.165) is 10.6 Å². The molecule has 1 aliphatic rings. The van der Waals surface area contributed by atoms with Crippen molar-refractivity contribution in [2.45, 2.75) is 44.8 Å². The highest BCUT2D eigenvalue weighted by molar-refractivity contribution is 7.92. The van der Waals surface area contributed by atoms with Gasteiger partial charge in [-0.3, -0.25) is 4.79 Å². The second-order valence-electron chi connectivity index (χ2n) is 8.04. The van der Waals surface area contributed by atoms with Gasteiger partial charge in [0.1, 0.15) is 11.9 Å². The third-order valence-electron chi connectivity index (χ3n) is 5.07. The highest BCUT2D eigenvalue weighted by Gasteiger charge is 2.26. The lowest BCUT2D eigenvalue weighted by Gasteiger charge is -2.24. The molecule has 2 atom stereocenters. The molecule has 1 N–H and O–H groups in total. The van der Waals surface area contributed by atoms with E-state index in [4.69, 9.17) is 4.74 Å². The minimum atomic E-state index is -3.61. The first-order chi connectivity index (χ1) is 15.0. The number of sulfonamides is 1. The molecular formula is C22H26FN3O5S. The SMILES string of the molecule is CC(C)c1nc(N(C)S(C)(=O)=O)nc(-c2ccc(F)cc2)c1/C=C/[C@H]1C[C@@H](O)CC(=O)O1. The van der Waals surface area contributed by atoms with Crippen LogP contribution in [0.4, 0.5) is 10.3 Å². The molecule has 1 aliphatic heterocycles. The number of aliphatic hydroxyl groups excluding tert-OH is 1. The molecule has 1 aromatic heterocycles. The van der Waals surface area contributed by atoms with Gasteiger partial charge in [0.25, 0.3) is 0 Å². The van der Waals surface area contributed by atoms with Gasteiger partial charge in [0, 0.05) is 24.6 Å². The van der Waals surface area contributed by atoms with Crippen molar-refractivity contribution in [3.05, 3.63) is 47.4 Å².